The Bertz CT molecular complexity index is 1200. The summed E-state index contributed by atoms with van der Waals surface area (Å²) in [6.07, 6.45) is 6.07. The number of carbonyl (C=O) groups is 2. The van der Waals surface area contributed by atoms with E-state index in [4.69, 9.17) is 4.74 Å². The van der Waals surface area contributed by atoms with Gasteiger partial charge in [0.1, 0.15) is 6.54 Å². The molecule has 1 aliphatic heterocycles. The van der Waals surface area contributed by atoms with Gasteiger partial charge in [0.15, 0.2) is 0 Å². The van der Waals surface area contributed by atoms with Crippen LogP contribution in [0.3, 0.4) is 0 Å². The van der Waals surface area contributed by atoms with E-state index in [0.717, 1.165) is 29.6 Å². The molecule has 6 nitrogen and oxygen atoms in total. The number of ether oxygens (including phenoxy) is 1. The first-order valence-corrected chi connectivity index (χ1v) is 12.8. The van der Waals surface area contributed by atoms with Gasteiger partial charge in [0.2, 0.25) is 5.91 Å². The molecule has 0 N–H and O–H groups in total. The lowest BCUT2D eigenvalue weighted by Gasteiger charge is -2.28. The van der Waals surface area contributed by atoms with Crippen molar-refractivity contribution in [3.05, 3.63) is 59.7 Å². The SMILES string of the molecule is CN(C)C(=O)c1ccc2c(C3CCCCC3)c(-c3ccccc3)n(CC(=O)N3CCOCC3)c2c1. The van der Waals surface area contributed by atoms with Crippen molar-refractivity contribution in [2.75, 3.05) is 40.4 Å². The summed E-state index contributed by atoms with van der Waals surface area (Å²) in [5.41, 5.74) is 5.21. The largest absolute Gasteiger partial charge is 0.378 e. The third-order valence-corrected chi connectivity index (χ3v) is 7.47. The molecule has 2 heterocycles. The van der Waals surface area contributed by atoms with Crippen LogP contribution in [0.2, 0.25) is 0 Å². The minimum Gasteiger partial charge on any atom is -0.378 e. The van der Waals surface area contributed by atoms with Crippen molar-refractivity contribution in [3.8, 4) is 11.3 Å². The molecule has 2 aliphatic rings. The van der Waals surface area contributed by atoms with Crippen LogP contribution in [0.25, 0.3) is 22.2 Å². The van der Waals surface area contributed by atoms with Gasteiger partial charge in [-0.2, -0.15) is 0 Å². The van der Waals surface area contributed by atoms with E-state index in [1.807, 2.05) is 23.1 Å². The molecule has 2 aromatic carbocycles. The molecule has 1 aliphatic carbocycles. The molecule has 35 heavy (non-hydrogen) atoms. The number of carbonyl (C=O) groups excluding carboxylic acids is 2. The predicted octanol–water partition coefficient (Wildman–Crippen LogP) is 4.92. The average Bonchev–Trinajstić information content (AvgIpc) is 3.22. The average molecular weight is 474 g/mol. The summed E-state index contributed by atoms with van der Waals surface area (Å²) in [5, 5.41) is 1.17. The molecule has 3 aromatic rings. The Hall–Kier alpha value is -3.12. The Balaban J connectivity index is 1.71. The molecule has 1 saturated heterocycles. The number of nitrogens with zero attached hydrogens (tertiary/aromatic N) is 3. The number of aromatic nitrogens is 1. The third kappa shape index (κ3) is 4.72. The Morgan fingerprint density at radius 1 is 0.971 bits per heavy atom. The fourth-order valence-electron chi connectivity index (χ4n) is 5.69. The van der Waals surface area contributed by atoms with Gasteiger partial charge in [-0.05, 0) is 42.0 Å². The Morgan fingerprint density at radius 3 is 2.37 bits per heavy atom. The minimum absolute atomic E-state index is 0.0281. The number of hydrogen-bond acceptors (Lipinski definition) is 3. The lowest BCUT2D eigenvalue weighted by atomic mass is 9.82. The normalized spacial score (nSPS) is 17.0. The molecule has 184 valence electrons. The zero-order valence-corrected chi connectivity index (χ0v) is 20.8. The highest BCUT2D eigenvalue weighted by atomic mass is 16.5. The van der Waals surface area contributed by atoms with E-state index in [1.165, 1.54) is 30.2 Å². The maximum atomic E-state index is 13.5. The first-order valence-electron chi connectivity index (χ1n) is 12.8. The van der Waals surface area contributed by atoms with Gasteiger partial charge in [0, 0.05) is 38.1 Å². The van der Waals surface area contributed by atoms with Gasteiger partial charge in [0.05, 0.1) is 24.4 Å². The van der Waals surface area contributed by atoms with Crippen molar-refractivity contribution in [1.82, 2.24) is 14.4 Å². The number of fused-ring (bicyclic) bond motifs is 1. The van der Waals surface area contributed by atoms with Crippen molar-refractivity contribution in [1.29, 1.82) is 0 Å². The highest BCUT2D eigenvalue weighted by molar-refractivity contribution is 6.01. The zero-order valence-electron chi connectivity index (χ0n) is 20.8. The number of benzene rings is 2. The highest BCUT2D eigenvalue weighted by Gasteiger charge is 2.29. The Labute approximate surface area is 207 Å². The third-order valence-electron chi connectivity index (χ3n) is 7.47. The molecular formula is C29H35N3O3. The smallest absolute Gasteiger partial charge is 0.253 e. The summed E-state index contributed by atoms with van der Waals surface area (Å²) in [7, 11) is 3.55. The van der Waals surface area contributed by atoms with Crippen LogP contribution in [-0.4, -0.2) is 66.6 Å². The Morgan fingerprint density at radius 2 is 1.69 bits per heavy atom. The van der Waals surface area contributed by atoms with E-state index < -0.39 is 0 Å². The molecular weight excluding hydrogens is 438 g/mol. The van der Waals surface area contributed by atoms with Crippen LogP contribution in [0.15, 0.2) is 48.5 Å². The van der Waals surface area contributed by atoms with Crippen LogP contribution >= 0.6 is 0 Å². The maximum absolute atomic E-state index is 13.5. The standard InChI is InChI=1S/C29H35N3O3/c1-30(2)29(34)23-13-14-24-25(19-23)32(20-26(33)31-15-17-35-18-16-31)28(22-11-7-4-8-12-22)27(24)21-9-5-3-6-10-21/h4,7-8,11-14,19,21H,3,5-6,9-10,15-18,20H2,1-2H3. The van der Waals surface area contributed by atoms with E-state index in [9.17, 15) is 9.59 Å². The molecule has 2 fully saturated rings. The van der Waals surface area contributed by atoms with Gasteiger partial charge in [-0.1, -0.05) is 55.7 Å². The Kier molecular flexibility index (Phi) is 6.91. The first-order chi connectivity index (χ1) is 17.0. The number of morpholine rings is 1. The molecule has 1 aromatic heterocycles. The van der Waals surface area contributed by atoms with Crippen LogP contribution < -0.4 is 0 Å². The zero-order chi connectivity index (χ0) is 24.4. The fourth-order valence-corrected chi connectivity index (χ4v) is 5.69. The van der Waals surface area contributed by atoms with Crippen LogP contribution in [0.1, 0.15) is 53.9 Å². The molecule has 0 unspecified atom stereocenters. The number of rotatable bonds is 5. The van der Waals surface area contributed by atoms with Crippen molar-refractivity contribution in [3.63, 3.8) is 0 Å². The summed E-state index contributed by atoms with van der Waals surface area (Å²) in [5.74, 6) is 0.526. The highest BCUT2D eigenvalue weighted by Crippen LogP contribution is 2.44. The van der Waals surface area contributed by atoms with Crippen molar-refractivity contribution in [2.45, 2.75) is 44.6 Å². The molecule has 0 atom stereocenters. The molecule has 5 rings (SSSR count). The molecule has 1 saturated carbocycles. The minimum atomic E-state index is -0.0281. The van der Waals surface area contributed by atoms with E-state index >= 15 is 0 Å². The summed E-state index contributed by atoms with van der Waals surface area (Å²) in [4.78, 5) is 29.8. The summed E-state index contributed by atoms with van der Waals surface area (Å²) < 4.78 is 7.65. The van der Waals surface area contributed by atoms with Gasteiger partial charge in [-0.15, -0.1) is 0 Å². The van der Waals surface area contributed by atoms with Crippen molar-refractivity contribution < 1.29 is 14.3 Å². The molecule has 0 radical (unpaired) electrons. The molecule has 0 spiro atoms. The van der Waals surface area contributed by atoms with E-state index in [0.29, 0.717) is 37.8 Å². The topological polar surface area (TPSA) is 54.8 Å². The second kappa shape index (κ2) is 10.2. The monoisotopic (exact) mass is 473 g/mol. The van der Waals surface area contributed by atoms with Crippen molar-refractivity contribution in [2.24, 2.45) is 0 Å². The maximum Gasteiger partial charge on any atom is 0.253 e. The number of amides is 2. The van der Waals surface area contributed by atoms with E-state index in [1.54, 1.807) is 19.0 Å². The predicted molar refractivity (Wildman–Crippen MR) is 139 cm³/mol. The fraction of sp³-hybridized carbons (Fsp3) is 0.448. The van der Waals surface area contributed by atoms with Gasteiger partial charge in [0.25, 0.3) is 5.91 Å². The second-order valence-electron chi connectivity index (χ2n) is 9.97. The lowest BCUT2D eigenvalue weighted by molar-refractivity contribution is -0.135. The van der Waals surface area contributed by atoms with Gasteiger partial charge >= 0.3 is 0 Å². The van der Waals surface area contributed by atoms with Crippen LogP contribution in [-0.2, 0) is 16.1 Å². The summed E-state index contributed by atoms with van der Waals surface area (Å²) >= 11 is 0. The van der Waals surface area contributed by atoms with Gasteiger partial charge < -0.3 is 19.1 Å². The summed E-state index contributed by atoms with van der Waals surface area (Å²) in [6, 6.07) is 16.5. The van der Waals surface area contributed by atoms with Gasteiger partial charge in [-0.3, -0.25) is 9.59 Å². The van der Waals surface area contributed by atoms with E-state index in [-0.39, 0.29) is 18.4 Å². The quantitative estimate of drug-likeness (QED) is 0.529. The van der Waals surface area contributed by atoms with Gasteiger partial charge in [-0.25, -0.2) is 0 Å². The summed E-state index contributed by atoms with van der Waals surface area (Å²) in [6.45, 7) is 2.67. The second-order valence-corrected chi connectivity index (χ2v) is 9.97. The number of hydrogen-bond donors (Lipinski definition) is 0. The molecule has 0 bridgehead atoms. The lowest BCUT2D eigenvalue weighted by Crippen LogP contribution is -2.42. The van der Waals surface area contributed by atoms with Crippen molar-refractivity contribution >= 4 is 22.7 Å². The first kappa shape index (κ1) is 23.6. The molecule has 6 heteroatoms. The molecule has 2 amide bonds. The van der Waals surface area contributed by atoms with E-state index in [2.05, 4.69) is 34.9 Å². The van der Waals surface area contributed by atoms with Crippen LogP contribution in [0.4, 0.5) is 0 Å². The van der Waals surface area contributed by atoms with Crippen LogP contribution in [0, 0.1) is 0 Å². The van der Waals surface area contributed by atoms with Crippen LogP contribution in [0.5, 0.6) is 0 Å².